The number of aliphatic imine (C=N–C) groups is 1. The molecule has 29 heavy (non-hydrogen) atoms. The summed E-state index contributed by atoms with van der Waals surface area (Å²) in [7, 11) is 3.61. The van der Waals surface area contributed by atoms with E-state index in [-0.39, 0.29) is 11.9 Å². The minimum Gasteiger partial charge on any atom is -0.380 e. The summed E-state index contributed by atoms with van der Waals surface area (Å²) in [6, 6.07) is 10.4. The van der Waals surface area contributed by atoms with Crippen LogP contribution in [0.4, 0.5) is 11.4 Å². The Morgan fingerprint density at radius 3 is 2.59 bits per heavy atom. The van der Waals surface area contributed by atoms with Gasteiger partial charge in [0.05, 0.1) is 11.9 Å². The van der Waals surface area contributed by atoms with Gasteiger partial charge in [0.15, 0.2) is 5.96 Å². The third-order valence-corrected chi connectivity index (χ3v) is 5.15. The van der Waals surface area contributed by atoms with Crippen LogP contribution in [0.1, 0.15) is 13.8 Å². The van der Waals surface area contributed by atoms with E-state index in [1.807, 2.05) is 36.3 Å². The van der Waals surface area contributed by atoms with Crippen molar-refractivity contribution in [2.75, 3.05) is 43.4 Å². The van der Waals surface area contributed by atoms with E-state index in [4.69, 9.17) is 0 Å². The van der Waals surface area contributed by atoms with Crippen LogP contribution in [0.3, 0.4) is 0 Å². The Balaban J connectivity index is 1.57. The molecular formula is C21H31N7O. The van der Waals surface area contributed by atoms with Crippen molar-refractivity contribution in [3.63, 3.8) is 0 Å². The molecule has 2 heterocycles. The molecule has 1 aromatic heterocycles. The van der Waals surface area contributed by atoms with Crippen molar-refractivity contribution in [2.45, 2.75) is 19.9 Å². The maximum atomic E-state index is 12.7. The smallest absolute Gasteiger partial charge is 0.246 e. The van der Waals surface area contributed by atoms with Gasteiger partial charge in [-0.05, 0) is 18.1 Å². The van der Waals surface area contributed by atoms with E-state index in [1.165, 1.54) is 0 Å². The second kappa shape index (κ2) is 9.45. The van der Waals surface area contributed by atoms with Gasteiger partial charge in [0.1, 0.15) is 6.54 Å². The predicted octanol–water partition coefficient (Wildman–Crippen LogP) is 1.78. The number of benzene rings is 1. The lowest BCUT2D eigenvalue weighted by molar-refractivity contribution is -0.120. The fourth-order valence-electron chi connectivity index (χ4n) is 3.41. The lowest BCUT2D eigenvalue weighted by Gasteiger charge is -2.36. The zero-order chi connectivity index (χ0) is 20.8. The molecule has 1 unspecified atom stereocenters. The summed E-state index contributed by atoms with van der Waals surface area (Å²) >= 11 is 0. The first-order valence-electron chi connectivity index (χ1n) is 10.0. The summed E-state index contributed by atoms with van der Waals surface area (Å²) in [5.74, 6) is 1.24. The van der Waals surface area contributed by atoms with Crippen molar-refractivity contribution in [1.29, 1.82) is 0 Å². The number of nitrogens with zero attached hydrogens (tertiary/aromatic N) is 5. The molecule has 1 aliphatic rings. The van der Waals surface area contributed by atoms with Crippen LogP contribution < -0.4 is 15.5 Å². The fraction of sp³-hybridized carbons (Fsp3) is 0.476. The summed E-state index contributed by atoms with van der Waals surface area (Å²) in [5, 5.41) is 11.2. The van der Waals surface area contributed by atoms with Crippen molar-refractivity contribution in [3.8, 4) is 0 Å². The highest BCUT2D eigenvalue weighted by Gasteiger charge is 2.28. The number of carbonyl (C=O) groups is 1. The monoisotopic (exact) mass is 397 g/mol. The van der Waals surface area contributed by atoms with Gasteiger partial charge in [-0.3, -0.25) is 14.5 Å². The van der Waals surface area contributed by atoms with Crippen molar-refractivity contribution in [3.05, 3.63) is 42.7 Å². The first-order valence-corrected chi connectivity index (χ1v) is 10.0. The Morgan fingerprint density at radius 1 is 1.24 bits per heavy atom. The van der Waals surface area contributed by atoms with Crippen LogP contribution in [-0.4, -0.2) is 65.8 Å². The normalized spacial score (nSPS) is 16.3. The van der Waals surface area contributed by atoms with E-state index >= 15 is 0 Å². The number of guanidine groups is 1. The van der Waals surface area contributed by atoms with Crippen LogP contribution in [0, 0.1) is 5.92 Å². The number of anilines is 2. The molecule has 1 fully saturated rings. The highest BCUT2D eigenvalue weighted by Crippen LogP contribution is 2.16. The Kier molecular flexibility index (Phi) is 6.74. The first-order chi connectivity index (χ1) is 14.0. The lowest BCUT2D eigenvalue weighted by atomic mass is 10.0. The summed E-state index contributed by atoms with van der Waals surface area (Å²) in [4.78, 5) is 20.9. The molecule has 0 spiro atoms. The van der Waals surface area contributed by atoms with Crippen LogP contribution >= 0.6 is 0 Å². The second-order valence-electron chi connectivity index (χ2n) is 7.63. The number of hydrogen-bond donors (Lipinski definition) is 2. The molecule has 156 valence electrons. The fourth-order valence-corrected chi connectivity index (χ4v) is 3.41. The van der Waals surface area contributed by atoms with E-state index in [1.54, 1.807) is 22.8 Å². The second-order valence-corrected chi connectivity index (χ2v) is 7.63. The molecule has 2 N–H and O–H groups in total. The number of aryl methyl sites for hydroxylation is 1. The highest BCUT2D eigenvalue weighted by atomic mass is 16.2. The third-order valence-electron chi connectivity index (χ3n) is 5.15. The van der Waals surface area contributed by atoms with Crippen molar-refractivity contribution in [2.24, 2.45) is 18.0 Å². The molecule has 8 heteroatoms. The average molecular weight is 398 g/mol. The van der Waals surface area contributed by atoms with Crippen LogP contribution in [-0.2, 0) is 11.8 Å². The summed E-state index contributed by atoms with van der Waals surface area (Å²) in [6.45, 7) is 6.74. The first kappa shape index (κ1) is 20.7. The molecule has 0 saturated carbocycles. The van der Waals surface area contributed by atoms with E-state index in [0.29, 0.717) is 19.0 Å². The van der Waals surface area contributed by atoms with Gasteiger partial charge in [0.2, 0.25) is 5.91 Å². The Labute approximate surface area is 172 Å². The molecule has 1 amide bonds. The van der Waals surface area contributed by atoms with Gasteiger partial charge in [-0.15, -0.1) is 0 Å². The zero-order valence-electron chi connectivity index (χ0n) is 17.7. The quantitative estimate of drug-likeness (QED) is 0.574. The molecule has 1 atom stereocenters. The Bertz CT molecular complexity index is 831. The van der Waals surface area contributed by atoms with Gasteiger partial charge >= 0.3 is 0 Å². The minimum atomic E-state index is 0.0509. The van der Waals surface area contributed by atoms with E-state index in [9.17, 15) is 4.79 Å². The summed E-state index contributed by atoms with van der Waals surface area (Å²) in [6.07, 6.45) is 3.59. The van der Waals surface area contributed by atoms with E-state index in [0.717, 1.165) is 30.4 Å². The van der Waals surface area contributed by atoms with Crippen molar-refractivity contribution >= 4 is 23.2 Å². The number of hydrogen-bond acceptors (Lipinski definition) is 4. The maximum absolute atomic E-state index is 12.7. The molecule has 1 saturated heterocycles. The van der Waals surface area contributed by atoms with Gasteiger partial charge < -0.3 is 20.4 Å². The topological polar surface area (TPSA) is 77.8 Å². The molecule has 1 aliphatic heterocycles. The largest absolute Gasteiger partial charge is 0.380 e. The van der Waals surface area contributed by atoms with Crippen LogP contribution in [0.25, 0.3) is 0 Å². The molecule has 1 aromatic carbocycles. The molecule has 0 aliphatic carbocycles. The molecule has 8 nitrogen and oxygen atoms in total. The average Bonchev–Trinajstić information content (AvgIpc) is 3.14. The number of piperazine rings is 1. The number of aromatic nitrogens is 2. The Hall–Kier alpha value is -3.03. The molecule has 3 rings (SSSR count). The molecular weight excluding hydrogens is 366 g/mol. The summed E-state index contributed by atoms with van der Waals surface area (Å²) in [5.41, 5.74) is 1.94. The van der Waals surface area contributed by atoms with Crippen LogP contribution in [0.15, 0.2) is 47.7 Å². The number of carbonyl (C=O) groups excluding carboxylic acids is 1. The molecule has 2 aromatic rings. The maximum Gasteiger partial charge on any atom is 0.246 e. The third kappa shape index (κ3) is 5.28. The number of rotatable bonds is 6. The Morgan fingerprint density at radius 2 is 2.00 bits per heavy atom. The minimum absolute atomic E-state index is 0.0509. The highest BCUT2D eigenvalue weighted by molar-refractivity contribution is 5.98. The van der Waals surface area contributed by atoms with Gasteiger partial charge in [-0.1, -0.05) is 32.0 Å². The van der Waals surface area contributed by atoms with Crippen LogP contribution in [0.5, 0.6) is 0 Å². The SMILES string of the molecule is CN=C(NCC(Nc1ccccc1)C(C)C)N1CCN(c2cnn(C)c2)C(=O)C1. The van der Waals surface area contributed by atoms with Crippen LogP contribution in [0.2, 0.25) is 0 Å². The number of amides is 1. The molecule has 0 radical (unpaired) electrons. The standard InChI is InChI=1S/C21H31N7O/c1-16(2)19(25-17-8-6-5-7-9-17)13-23-21(22-3)27-10-11-28(20(29)15-27)18-12-24-26(4)14-18/h5-9,12,14,16,19,25H,10-11,13,15H2,1-4H3,(H,22,23). The van der Waals surface area contributed by atoms with Gasteiger partial charge in [0, 0.05) is 51.7 Å². The number of nitrogens with one attached hydrogen (secondary N) is 2. The van der Waals surface area contributed by atoms with Gasteiger partial charge in [-0.2, -0.15) is 5.10 Å². The van der Waals surface area contributed by atoms with E-state index < -0.39 is 0 Å². The van der Waals surface area contributed by atoms with Crippen molar-refractivity contribution < 1.29 is 4.79 Å². The van der Waals surface area contributed by atoms with Crippen molar-refractivity contribution in [1.82, 2.24) is 20.0 Å². The zero-order valence-corrected chi connectivity index (χ0v) is 17.7. The molecule has 0 bridgehead atoms. The lowest BCUT2D eigenvalue weighted by Crippen LogP contribution is -2.56. The number of para-hydroxylation sites is 1. The van der Waals surface area contributed by atoms with Gasteiger partial charge in [0.25, 0.3) is 0 Å². The predicted molar refractivity (Wildman–Crippen MR) is 117 cm³/mol. The van der Waals surface area contributed by atoms with Gasteiger partial charge in [-0.25, -0.2) is 0 Å². The summed E-state index contributed by atoms with van der Waals surface area (Å²) < 4.78 is 1.71. The van der Waals surface area contributed by atoms with E-state index in [2.05, 4.69) is 46.7 Å².